The molecule has 144 valence electrons. The van der Waals surface area contributed by atoms with Crippen molar-refractivity contribution in [3.05, 3.63) is 89.4 Å². The second-order valence-electron chi connectivity index (χ2n) is 6.23. The van der Waals surface area contributed by atoms with Crippen LogP contribution in [-0.2, 0) is 5.75 Å². The third-order valence-corrected chi connectivity index (χ3v) is 6.03. The molecule has 0 bridgehead atoms. The first kappa shape index (κ1) is 19.2. The van der Waals surface area contributed by atoms with E-state index in [9.17, 15) is 4.79 Å². The molecule has 29 heavy (non-hydrogen) atoms. The van der Waals surface area contributed by atoms with Crippen LogP contribution in [0.4, 0.5) is 11.4 Å². The third kappa shape index (κ3) is 4.82. The SMILES string of the molecule is Nc1ccccc1NC(=O)c1ccc(CSc2nccc(-c3cccs3)n2)cc1. The zero-order chi connectivity index (χ0) is 20.1. The van der Waals surface area contributed by atoms with Crippen LogP contribution < -0.4 is 11.1 Å². The summed E-state index contributed by atoms with van der Waals surface area (Å²) >= 11 is 3.23. The molecule has 3 N–H and O–H groups in total. The Morgan fingerprint density at radius 3 is 2.62 bits per heavy atom. The number of thiophene rings is 1. The largest absolute Gasteiger partial charge is 0.397 e. The molecule has 7 heteroatoms. The molecule has 4 rings (SSSR count). The molecule has 2 heterocycles. The molecule has 0 fully saturated rings. The van der Waals surface area contributed by atoms with Crippen LogP contribution in [0.2, 0.25) is 0 Å². The first-order valence-corrected chi connectivity index (χ1v) is 10.8. The van der Waals surface area contributed by atoms with Crippen molar-refractivity contribution in [2.24, 2.45) is 0 Å². The van der Waals surface area contributed by atoms with Gasteiger partial charge in [-0.2, -0.15) is 0 Å². The van der Waals surface area contributed by atoms with Crippen LogP contribution in [-0.4, -0.2) is 15.9 Å². The molecule has 0 atom stereocenters. The Labute approximate surface area is 177 Å². The number of carbonyl (C=O) groups is 1. The van der Waals surface area contributed by atoms with Gasteiger partial charge >= 0.3 is 0 Å². The van der Waals surface area contributed by atoms with E-state index in [0.717, 1.165) is 27.0 Å². The number of rotatable bonds is 6. The van der Waals surface area contributed by atoms with Crippen LogP contribution in [0.15, 0.2) is 83.5 Å². The van der Waals surface area contributed by atoms with Gasteiger partial charge in [0.15, 0.2) is 5.16 Å². The second-order valence-corrected chi connectivity index (χ2v) is 8.12. The number of nitrogens with one attached hydrogen (secondary N) is 1. The molecular weight excluding hydrogens is 400 g/mol. The van der Waals surface area contributed by atoms with Gasteiger partial charge in [-0.15, -0.1) is 11.3 Å². The summed E-state index contributed by atoms with van der Waals surface area (Å²) in [6.07, 6.45) is 1.78. The average Bonchev–Trinajstić information content (AvgIpc) is 3.29. The number of aromatic nitrogens is 2. The number of thioether (sulfide) groups is 1. The Balaban J connectivity index is 1.38. The van der Waals surface area contributed by atoms with Crippen LogP contribution in [0.25, 0.3) is 10.6 Å². The highest BCUT2D eigenvalue weighted by atomic mass is 32.2. The molecule has 1 amide bonds. The lowest BCUT2D eigenvalue weighted by atomic mass is 10.1. The molecule has 4 aromatic rings. The maximum atomic E-state index is 12.4. The minimum Gasteiger partial charge on any atom is -0.397 e. The molecule has 2 aromatic heterocycles. The number of benzene rings is 2. The number of para-hydroxylation sites is 2. The minimum atomic E-state index is -0.186. The summed E-state index contributed by atoms with van der Waals surface area (Å²) < 4.78 is 0. The van der Waals surface area contributed by atoms with E-state index in [-0.39, 0.29) is 5.91 Å². The monoisotopic (exact) mass is 418 g/mol. The maximum Gasteiger partial charge on any atom is 0.255 e. The van der Waals surface area contributed by atoms with Crippen molar-refractivity contribution in [3.63, 3.8) is 0 Å². The van der Waals surface area contributed by atoms with E-state index >= 15 is 0 Å². The number of nitrogen functional groups attached to an aromatic ring is 1. The zero-order valence-corrected chi connectivity index (χ0v) is 17.0. The standard InChI is InChI=1S/C22H18N4OS2/c23-17-4-1-2-5-18(17)25-21(27)16-9-7-15(8-10-16)14-29-22-24-12-11-19(26-22)20-6-3-13-28-20/h1-13H,14,23H2,(H,25,27). The van der Waals surface area contributed by atoms with Gasteiger partial charge in [0.25, 0.3) is 5.91 Å². The normalized spacial score (nSPS) is 10.6. The smallest absolute Gasteiger partial charge is 0.255 e. The minimum absolute atomic E-state index is 0.186. The highest BCUT2D eigenvalue weighted by molar-refractivity contribution is 7.98. The van der Waals surface area contributed by atoms with E-state index in [1.54, 1.807) is 41.4 Å². The Bertz CT molecular complexity index is 1110. The van der Waals surface area contributed by atoms with Crippen molar-refractivity contribution < 1.29 is 4.79 Å². The van der Waals surface area contributed by atoms with Gasteiger partial charge in [-0.3, -0.25) is 4.79 Å². The summed E-state index contributed by atoms with van der Waals surface area (Å²) in [6.45, 7) is 0. The topological polar surface area (TPSA) is 80.9 Å². The molecule has 0 saturated carbocycles. The van der Waals surface area contributed by atoms with Crippen molar-refractivity contribution >= 4 is 40.4 Å². The number of anilines is 2. The van der Waals surface area contributed by atoms with Gasteiger partial charge in [-0.25, -0.2) is 9.97 Å². The van der Waals surface area contributed by atoms with Gasteiger partial charge in [0.05, 0.1) is 21.9 Å². The zero-order valence-electron chi connectivity index (χ0n) is 15.4. The summed E-state index contributed by atoms with van der Waals surface area (Å²) in [6, 6.07) is 20.7. The first-order valence-electron chi connectivity index (χ1n) is 8.93. The highest BCUT2D eigenvalue weighted by Gasteiger charge is 2.09. The predicted octanol–water partition coefficient (Wildman–Crippen LogP) is 5.33. The summed E-state index contributed by atoms with van der Waals surface area (Å²) in [5, 5.41) is 5.60. The Morgan fingerprint density at radius 1 is 1.03 bits per heavy atom. The van der Waals surface area contributed by atoms with Crippen molar-refractivity contribution in [1.29, 1.82) is 0 Å². The predicted molar refractivity (Wildman–Crippen MR) is 120 cm³/mol. The summed E-state index contributed by atoms with van der Waals surface area (Å²) in [7, 11) is 0. The van der Waals surface area contributed by atoms with Crippen LogP contribution in [0.1, 0.15) is 15.9 Å². The fourth-order valence-corrected chi connectivity index (χ4v) is 4.16. The number of hydrogen-bond acceptors (Lipinski definition) is 6. The number of carbonyl (C=O) groups excluding carboxylic acids is 1. The Kier molecular flexibility index (Phi) is 5.88. The van der Waals surface area contributed by atoms with Crippen LogP contribution in [0, 0.1) is 0 Å². The molecule has 0 aliphatic carbocycles. The number of nitrogens with two attached hydrogens (primary N) is 1. The number of amides is 1. The van der Waals surface area contributed by atoms with Crippen molar-refractivity contribution in [1.82, 2.24) is 9.97 Å². The molecule has 0 unspecified atom stereocenters. The summed E-state index contributed by atoms with van der Waals surface area (Å²) in [4.78, 5) is 22.5. The molecule has 0 saturated heterocycles. The fraction of sp³-hybridized carbons (Fsp3) is 0.0455. The molecular formula is C22H18N4OS2. The lowest BCUT2D eigenvalue weighted by Gasteiger charge is -2.08. The molecule has 2 aromatic carbocycles. The summed E-state index contributed by atoms with van der Waals surface area (Å²) in [5.41, 5.74) is 9.64. The Morgan fingerprint density at radius 2 is 1.86 bits per heavy atom. The van der Waals surface area contributed by atoms with Crippen molar-refractivity contribution in [3.8, 4) is 10.6 Å². The van der Waals surface area contributed by atoms with Gasteiger partial charge in [-0.1, -0.05) is 42.1 Å². The Hall–Kier alpha value is -3.16. The van der Waals surface area contributed by atoms with E-state index < -0.39 is 0 Å². The van der Waals surface area contributed by atoms with Gasteiger partial charge in [0.2, 0.25) is 0 Å². The highest BCUT2D eigenvalue weighted by Crippen LogP contribution is 2.26. The fourth-order valence-electron chi connectivity index (χ4n) is 2.68. The molecule has 0 radical (unpaired) electrons. The van der Waals surface area contributed by atoms with Crippen molar-refractivity contribution in [2.45, 2.75) is 10.9 Å². The lowest BCUT2D eigenvalue weighted by molar-refractivity contribution is 0.102. The van der Waals surface area contributed by atoms with Crippen LogP contribution in [0.5, 0.6) is 0 Å². The van der Waals surface area contributed by atoms with E-state index in [2.05, 4.69) is 15.3 Å². The second kappa shape index (κ2) is 8.89. The molecule has 5 nitrogen and oxygen atoms in total. The van der Waals surface area contributed by atoms with Gasteiger partial charge in [0, 0.05) is 17.5 Å². The van der Waals surface area contributed by atoms with Gasteiger partial charge in [-0.05, 0) is 47.3 Å². The summed E-state index contributed by atoms with van der Waals surface area (Å²) in [5.74, 6) is 0.538. The maximum absolute atomic E-state index is 12.4. The van der Waals surface area contributed by atoms with Crippen molar-refractivity contribution in [2.75, 3.05) is 11.1 Å². The van der Waals surface area contributed by atoms with Crippen LogP contribution in [0.3, 0.4) is 0 Å². The van der Waals surface area contributed by atoms with Gasteiger partial charge < -0.3 is 11.1 Å². The lowest BCUT2D eigenvalue weighted by Crippen LogP contribution is -2.13. The molecule has 0 spiro atoms. The number of nitrogens with zero attached hydrogens (tertiary/aromatic N) is 2. The quantitative estimate of drug-likeness (QED) is 0.251. The van der Waals surface area contributed by atoms with Gasteiger partial charge in [0.1, 0.15) is 0 Å². The van der Waals surface area contributed by atoms with E-state index in [1.807, 2.05) is 60.0 Å². The van der Waals surface area contributed by atoms with E-state index in [0.29, 0.717) is 16.9 Å². The average molecular weight is 419 g/mol. The van der Waals surface area contributed by atoms with E-state index in [4.69, 9.17) is 5.73 Å². The number of hydrogen-bond donors (Lipinski definition) is 2. The molecule has 0 aliphatic rings. The first-order chi connectivity index (χ1) is 14.2. The van der Waals surface area contributed by atoms with Crippen LogP contribution >= 0.6 is 23.1 Å². The third-order valence-electron chi connectivity index (χ3n) is 4.20. The molecule has 0 aliphatic heterocycles. The van der Waals surface area contributed by atoms with E-state index in [1.165, 1.54) is 0 Å².